The van der Waals surface area contributed by atoms with Crippen LogP contribution >= 0.6 is 11.8 Å². The zero-order valence-corrected chi connectivity index (χ0v) is 10.3. The van der Waals surface area contributed by atoms with Gasteiger partial charge < -0.3 is 15.7 Å². The van der Waals surface area contributed by atoms with Crippen molar-refractivity contribution >= 4 is 23.4 Å². The summed E-state index contributed by atoms with van der Waals surface area (Å²) in [6, 6.07) is 4.40. The van der Waals surface area contributed by atoms with Crippen molar-refractivity contribution < 1.29 is 9.90 Å². The van der Waals surface area contributed by atoms with E-state index in [-0.39, 0.29) is 11.7 Å². The largest absolute Gasteiger partial charge is 0.508 e. The maximum Gasteiger partial charge on any atom is 0.255 e. The number of thioether (sulfide) groups is 1. The Kier molecular flexibility index (Phi) is 4.49. The Morgan fingerprint density at radius 2 is 2.25 bits per heavy atom. The van der Waals surface area contributed by atoms with E-state index in [2.05, 4.69) is 0 Å². The minimum atomic E-state index is -0.164. The summed E-state index contributed by atoms with van der Waals surface area (Å²) in [5.74, 6) is 0.763. The van der Waals surface area contributed by atoms with Gasteiger partial charge in [0, 0.05) is 25.0 Å². The third kappa shape index (κ3) is 3.06. The number of anilines is 1. The van der Waals surface area contributed by atoms with Gasteiger partial charge in [0.2, 0.25) is 0 Å². The molecule has 1 rings (SSSR count). The third-order valence-corrected chi connectivity index (χ3v) is 2.84. The molecule has 0 saturated carbocycles. The molecule has 0 radical (unpaired) electrons. The molecule has 0 saturated heterocycles. The van der Waals surface area contributed by atoms with Gasteiger partial charge in [-0.3, -0.25) is 4.79 Å². The van der Waals surface area contributed by atoms with Gasteiger partial charge in [-0.1, -0.05) is 0 Å². The lowest BCUT2D eigenvalue weighted by atomic mass is 10.1. The van der Waals surface area contributed by atoms with Crippen LogP contribution in [0.5, 0.6) is 5.75 Å². The SMILES string of the molecule is CSCCN(C)C(=O)c1cc(O)ccc1N. The summed E-state index contributed by atoms with van der Waals surface area (Å²) in [4.78, 5) is 13.5. The molecule has 1 aromatic carbocycles. The van der Waals surface area contributed by atoms with Crippen molar-refractivity contribution in [1.82, 2.24) is 4.90 Å². The summed E-state index contributed by atoms with van der Waals surface area (Å²) in [7, 11) is 1.72. The van der Waals surface area contributed by atoms with Gasteiger partial charge in [-0.2, -0.15) is 11.8 Å². The first-order valence-corrected chi connectivity index (χ1v) is 6.28. The van der Waals surface area contributed by atoms with Crippen LogP contribution in [-0.2, 0) is 0 Å². The number of aromatic hydroxyl groups is 1. The minimum absolute atomic E-state index is 0.0517. The molecule has 0 heterocycles. The number of hydrogen-bond donors (Lipinski definition) is 2. The van der Waals surface area contributed by atoms with E-state index in [9.17, 15) is 9.90 Å². The van der Waals surface area contributed by atoms with Gasteiger partial charge in [0.05, 0.1) is 5.56 Å². The number of hydrogen-bond acceptors (Lipinski definition) is 4. The summed E-state index contributed by atoms with van der Waals surface area (Å²) < 4.78 is 0. The first-order chi connectivity index (χ1) is 7.56. The number of benzene rings is 1. The van der Waals surface area contributed by atoms with Crippen molar-refractivity contribution in [3.63, 3.8) is 0 Å². The Bertz CT molecular complexity index is 382. The van der Waals surface area contributed by atoms with Crippen LogP contribution in [0.15, 0.2) is 18.2 Å². The van der Waals surface area contributed by atoms with Crippen molar-refractivity contribution in [3.05, 3.63) is 23.8 Å². The van der Waals surface area contributed by atoms with E-state index in [1.807, 2.05) is 6.26 Å². The van der Waals surface area contributed by atoms with Crippen LogP contribution in [0.2, 0.25) is 0 Å². The summed E-state index contributed by atoms with van der Waals surface area (Å²) in [5, 5.41) is 9.31. The number of amides is 1. The smallest absolute Gasteiger partial charge is 0.255 e. The van der Waals surface area contributed by atoms with Gasteiger partial charge in [0.1, 0.15) is 5.75 Å². The van der Waals surface area contributed by atoms with Crippen LogP contribution in [0, 0.1) is 0 Å². The van der Waals surface area contributed by atoms with Gasteiger partial charge in [-0.15, -0.1) is 0 Å². The molecule has 3 N–H and O–H groups in total. The molecule has 0 spiro atoms. The number of carbonyl (C=O) groups is 1. The lowest BCUT2D eigenvalue weighted by Crippen LogP contribution is -2.29. The molecule has 4 nitrogen and oxygen atoms in total. The Labute approximate surface area is 99.4 Å². The predicted molar refractivity (Wildman–Crippen MR) is 67.9 cm³/mol. The van der Waals surface area contributed by atoms with Crippen LogP contribution in [0.25, 0.3) is 0 Å². The molecular weight excluding hydrogens is 224 g/mol. The predicted octanol–water partition coefficient (Wildman–Crippen LogP) is 1.41. The third-order valence-electron chi connectivity index (χ3n) is 2.24. The van der Waals surface area contributed by atoms with Crippen molar-refractivity contribution in [2.24, 2.45) is 0 Å². The molecule has 0 aliphatic heterocycles. The van der Waals surface area contributed by atoms with Gasteiger partial charge in [0.25, 0.3) is 5.91 Å². The fraction of sp³-hybridized carbons (Fsp3) is 0.364. The van der Waals surface area contributed by atoms with Crippen LogP contribution in [0.3, 0.4) is 0 Å². The van der Waals surface area contributed by atoms with Crippen molar-refractivity contribution in [1.29, 1.82) is 0 Å². The average Bonchev–Trinajstić information content (AvgIpc) is 2.28. The van der Waals surface area contributed by atoms with Crippen LogP contribution in [0.4, 0.5) is 5.69 Å². The lowest BCUT2D eigenvalue weighted by Gasteiger charge is -2.17. The molecule has 0 unspecified atom stereocenters. The van der Waals surface area contributed by atoms with E-state index >= 15 is 0 Å². The molecule has 1 aromatic rings. The van der Waals surface area contributed by atoms with Crippen LogP contribution in [-0.4, -0.2) is 41.5 Å². The average molecular weight is 240 g/mol. The van der Waals surface area contributed by atoms with Gasteiger partial charge in [-0.05, 0) is 24.5 Å². The Hall–Kier alpha value is -1.36. The molecule has 0 aliphatic rings. The van der Waals surface area contributed by atoms with Crippen LogP contribution < -0.4 is 5.73 Å². The van der Waals surface area contributed by atoms with E-state index in [1.54, 1.807) is 23.7 Å². The topological polar surface area (TPSA) is 66.6 Å². The molecule has 1 amide bonds. The van der Waals surface area contributed by atoms with E-state index in [4.69, 9.17) is 5.73 Å². The molecule has 5 heteroatoms. The fourth-order valence-electron chi connectivity index (χ4n) is 1.26. The number of nitrogen functional groups attached to an aromatic ring is 1. The number of nitrogens with zero attached hydrogens (tertiary/aromatic N) is 1. The standard InChI is InChI=1S/C11H16N2O2S/c1-13(5-6-16-2)11(15)9-7-8(14)3-4-10(9)12/h3-4,7,14H,5-6,12H2,1-2H3. The monoisotopic (exact) mass is 240 g/mol. The summed E-state index contributed by atoms with van der Waals surface area (Å²) >= 11 is 1.68. The number of carbonyl (C=O) groups excluding carboxylic acids is 1. The highest BCUT2D eigenvalue weighted by molar-refractivity contribution is 7.98. The zero-order chi connectivity index (χ0) is 12.1. The maximum absolute atomic E-state index is 11.9. The maximum atomic E-state index is 11.9. The second-order valence-corrected chi connectivity index (χ2v) is 4.48. The van der Waals surface area contributed by atoms with Crippen LogP contribution in [0.1, 0.15) is 10.4 Å². The molecule has 0 aromatic heterocycles. The quantitative estimate of drug-likeness (QED) is 0.617. The molecule has 0 fully saturated rings. The number of rotatable bonds is 4. The number of nitrogens with two attached hydrogens (primary N) is 1. The second-order valence-electron chi connectivity index (χ2n) is 3.49. The lowest BCUT2D eigenvalue weighted by molar-refractivity contribution is 0.0804. The molecule has 0 atom stereocenters. The van der Waals surface area contributed by atoms with Crippen molar-refractivity contribution in [2.75, 3.05) is 31.3 Å². The normalized spacial score (nSPS) is 10.1. The summed E-state index contributed by atoms with van der Waals surface area (Å²) in [6.45, 7) is 0.662. The minimum Gasteiger partial charge on any atom is -0.508 e. The van der Waals surface area contributed by atoms with E-state index in [1.165, 1.54) is 18.2 Å². The fourth-order valence-corrected chi connectivity index (χ4v) is 1.72. The first kappa shape index (κ1) is 12.7. The molecule has 88 valence electrons. The highest BCUT2D eigenvalue weighted by atomic mass is 32.2. The Balaban J connectivity index is 2.83. The van der Waals surface area contributed by atoms with E-state index < -0.39 is 0 Å². The van der Waals surface area contributed by atoms with Gasteiger partial charge in [-0.25, -0.2) is 0 Å². The highest BCUT2D eigenvalue weighted by Crippen LogP contribution is 2.19. The Morgan fingerprint density at radius 3 is 2.88 bits per heavy atom. The molecule has 16 heavy (non-hydrogen) atoms. The molecular formula is C11H16N2O2S. The summed E-state index contributed by atoms with van der Waals surface area (Å²) in [6.07, 6.45) is 1.99. The highest BCUT2D eigenvalue weighted by Gasteiger charge is 2.14. The van der Waals surface area contributed by atoms with E-state index in [0.717, 1.165) is 5.75 Å². The van der Waals surface area contributed by atoms with E-state index in [0.29, 0.717) is 17.8 Å². The zero-order valence-electron chi connectivity index (χ0n) is 9.43. The van der Waals surface area contributed by atoms with Crippen molar-refractivity contribution in [2.45, 2.75) is 0 Å². The number of phenols is 1. The van der Waals surface area contributed by atoms with Crippen molar-refractivity contribution in [3.8, 4) is 5.75 Å². The summed E-state index contributed by atoms with van der Waals surface area (Å²) in [5.41, 5.74) is 6.43. The first-order valence-electron chi connectivity index (χ1n) is 4.89. The molecule has 0 bridgehead atoms. The molecule has 0 aliphatic carbocycles. The van der Waals surface area contributed by atoms with Gasteiger partial charge >= 0.3 is 0 Å². The second kappa shape index (κ2) is 5.65. The Morgan fingerprint density at radius 1 is 1.56 bits per heavy atom. The number of phenolic OH excluding ortho intramolecular Hbond substituents is 1. The van der Waals surface area contributed by atoms with Gasteiger partial charge in [0.15, 0.2) is 0 Å².